The molecule has 0 fully saturated rings. The van der Waals surface area contributed by atoms with Crippen molar-refractivity contribution in [3.8, 4) is 11.8 Å². The van der Waals surface area contributed by atoms with E-state index in [-0.39, 0.29) is 5.69 Å². The summed E-state index contributed by atoms with van der Waals surface area (Å²) in [6.07, 6.45) is 0. The van der Waals surface area contributed by atoms with Gasteiger partial charge < -0.3 is 0 Å². The van der Waals surface area contributed by atoms with Crippen LogP contribution in [0.15, 0.2) is 69.8 Å². The van der Waals surface area contributed by atoms with Crippen molar-refractivity contribution in [2.24, 2.45) is 0 Å². The van der Waals surface area contributed by atoms with Crippen LogP contribution < -0.4 is 10.9 Å². The number of aromatic nitrogens is 4. The number of nitriles is 1. The summed E-state index contributed by atoms with van der Waals surface area (Å²) in [4.78, 5) is 24.7. The molecule has 2 aromatic heterocycles. The molecule has 4 rings (SSSR count). The number of benzene rings is 2. The summed E-state index contributed by atoms with van der Waals surface area (Å²) in [5, 5.41) is 23.8. The van der Waals surface area contributed by atoms with Gasteiger partial charge in [0.2, 0.25) is 5.13 Å². The van der Waals surface area contributed by atoms with Crippen molar-refractivity contribution in [2.75, 3.05) is 5.32 Å². The van der Waals surface area contributed by atoms with Gasteiger partial charge in [0.25, 0.3) is 11.5 Å². The van der Waals surface area contributed by atoms with Gasteiger partial charge in [0, 0.05) is 11.8 Å². The Morgan fingerprint density at radius 3 is 2.56 bits per heavy atom. The van der Waals surface area contributed by atoms with Gasteiger partial charge in [-0.15, -0.1) is 10.2 Å². The number of carbonyl (C=O) groups is 1. The van der Waals surface area contributed by atoms with Gasteiger partial charge in [0.05, 0.1) is 17.3 Å². The highest BCUT2D eigenvalue weighted by Crippen LogP contribution is 2.28. The zero-order valence-corrected chi connectivity index (χ0v) is 17.9. The van der Waals surface area contributed by atoms with Gasteiger partial charge in [-0.3, -0.25) is 14.9 Å². The Hall–Kier alpha value is -3.88. The molecule has 0 aliphatic rings. The summed E-state index contributed by atoms with van der Waals surface area (Å²) >= 11 is 2.66. The molecule has 11 heteroatoms. The number of nitrogens with one attached hydrogen (secondary N) is 1. The van der Waals surface area contributed by atoms with E-state index in [0.717, 1.165) is 10.2 Å². The molecule has 4 aromatic rings. The summed E-state index contributed by atoms with van der Waals surface area (Å²) in [7, 11) is 0. The lowest BCUT2D eigenvalue weighted by Gasteiger charge is -2.06. The summed E-state index contributed by atoms with van der Waals surface area (Å²) in [5.41, 5.74) is 1.51. The number of hydrogen-bond acceptors (Lipinski definition) is 8. The maximum absolute atomic E-state index is 13.1. The highest BCUT2D eigenvalue weighted by molar-refractivity contribution is 8.00. The van der Waals surface area contributed by atoms with E-state index in [1.165, 1.54) is 59.5 Å². The summed E-state index contributed by atoms with van der Waals surface area (Å²) in [6, 6.07) is 17.0. The van der Waals surface area contributed by atoms with Crippen LogP contribution in [0, 0.1) is 17.1 Å². The molecule has 0 saturated heterocycles. The number of halogens is 1. The minimum absolute atomic E-state index is 0.00379. The first kappa shape index (κ1) is 21.4. The Morgan fingerprint density at radius 2 is 1.84 bits per heavy atom. The van der Waals surface area contributed by atoms with Gasteiger partial charge in [-0.25, -0.2) is 4.39 Å². The van der Waals surface area contributed by atoms with Gasteiger partial charge in [-0.2, -0.15) is 15.0 Å². The van der Waals surface area contributed by atoms with Crippen molar-refractivity contribution in [2.45, 2.75) is 10.1 Å². The highest BCUT2D eigenvalue weighted by Gasteiger charge is 2.14. The van der Waals surface area contributed by atoms with Crippen molar-refractivity contribution in [1.29, 1.82) is 5.26 Å². The summed E-state index contributed by atoms with van der Waals surface area (Å²) in [5.74, 6) is -0.362. The average molecular weight is 465 g/mol. The van der Waals surface area contributed by atoms with E-state index in [0.29, 0.717) is 26.5 Å². The molecule has 2 heterocycles. The van der Waals surface area contributed by atoms with Crippen LogP contribution in [0.2, 0.25) is 0 Å². The highest BCUT2D eigenvalue weighted by atomic mass is 32.2. The van der Waals surface area contributed by atoms with Crippen molar-refractivity contribution in [3.63, 3.8) is 0 Å². The molecule has 158 valence electrons. The monoisotopic (exact) mass is 464 g/mol. The maximum atomic E-state index is 13.1. The molecule has 0 radical (unpaired) electrons. The Bertz CT molecular complexity index is 1360. The van der Waals surface area contributed by atoms with Crippen LogP contribution >= 0.6 is 23.1 Å². The number of carbonyl (C=O) groups excluding carboxylic acids is 1. The lowest BCUT2D eigenvalue weighted by atomic mass is 10.2. The van der Waals surface area contributed by atoms with Gasteiger partial charge in [0.15, 0.2) is 4.34 Å². The van der Waals surface area contributed by atoms with Crippen LogP contribution in [0.25, 0.3) is 5.69 Å². The molecule has 0 atom stereocenters. The molecule has 32 heavy (non-hydrogen) atoms. The van der Waals surface area contributed by atoms with Crippen LogP contribution in [0.4, 0.5) is 9.52 Å². The largest absolute Gasteiger partial charge is 0.295 e. The van der Waals surface area contributed by atoms with Crippen molar-refractivity contribution in [1.82, 2.24) is 20.0 Å². The smallest absolute Gasteiger partial charge is 0.277 e. The summed E-state index contributed by atoms with van der Waals surface area (Å²) in [6.45, 7) is 0. The molecule has 1 amide bonds. The standard InChI is InChI=1S/C21H13FN6O2S2/c22-15-5-7-16(8-6-15)28-18(29)10-9-17(27-28)19(30)24-20-25-26-21(32-20)31-12-14-3-1-13(11-23)2-4-14/h1-10H,12H2,(H,24,25,30). The third-order valence-electron chi connectivity index (χ3n) is 4.18. The number of nitrogens with zero attached hydrogens (tertiary/aromatic N) is 5. The fourth-order valence-corrected chi connectivity index (χ4v) is 4.30. The van der Waals surface area contributed by atoms with Crippen LogP contribution in [-0.4, -0.2) is 25.9 Å². The van der Waals surface area contributed by atoms with E-state index in [4.69, 9.17) is 5.26 Å². The second kappa shape index (κ2) is 9.51. The fourth-order valence-electron chi connectivity index (χ4n) is 2.60. The minimum Gasteiger partial charge on any atom is -0.295 e. The molecular weight excluding hydrogens is 451 g/mol. The molecule has 8 nitrogen and oxygen atoms in total. The predicted octanol–water partition coefficient (Wildman–Crippen LogP) is 3.64. The molecule has 1 N–H and O–H groups in total. The molecule has 0 saturated carbocycles. The predicted molar refractivity (Wildman–Crippen MR) is 118 cm³/mol. The lowest BCUT2D eigenvalue weighted by molar-refractivity contribution is 0.102. The third-order valence-corrected chi connectivity index (χ3v) is 6.22. The van der Waals surface area contributed by atoms with E-state index >= 15 is 0 Å². The first-order chi connectivity index (χ1) is 15.5. The van der Waals surface area contributed by atoms with Gasteiger partial charge in [-0.1, -0.05) is 35.2 Å². The first-order valence-electron chi connectivity index (χ1n) is 9.15. The van der Waals surface area contributed by atoms with Crippen molar-refractivity contribution >= 4 is 34.1 Å². The van der Waals surface area contributed by atoms with E-state index < -0.39 is 17.3 Å². The first-order valence-corrected chi connectivity index (χ1v) is 10.9. The number of rotatable bonds is 6. The van der Waals surface area contributed by atoms with Gasteiger partial charge in [0.1, 0.15) is 11.5 Å². The number of amides is 1. The Labute approximate surface area is 189 Å². The average Bonchev–Trinajstić information content (AvgIpc) is 3.26. The molecule has 0 spiro atoms. The summed E-state index contributed by atoms with van der Waals surface area (Å²) < 4.78 is 14.8. The molecule has 0 aliphatic heterocycles. The molecule has 0 bridgehead atoms. The van der Waals surface area contributed by atoms with Crippen LogP contribution in [0.5, 0.6) is 0 Å². The molecule has 0 unspecified atom stereocenters. The second-order valence-corrected chi connectivity index (χ2v) is 8.57. The third kappa shape index (κ3) is 5.05. The second-order valence-electron chi connectivity index (χ2n) is 6.37. The SMILES string of the molecule is N#Cc1ccc(CSc2nnc(NC(=O)c3ccc(=O)n(-c4ccc(F)cc4)n3)s2)cc1. The maximum Gasteiger partial charge on any atom is 0.277 e. The lowest BCUT2D eigenvalue weighted by Crippen LogP contribution is -2.24. The number of anilines is 1. The quantitative estimate of drug-likeness (QED) is 0.342. The Morgan fingerprint density at radius 1 is 1.09 bits per heavy atom. The van der Waals surface area contributed by atoms with Crippen LogP contribution in [0.3, 0.4) is 0 Å². The van der Waals surface area contributed by atoms with E-state index in [9.17, 15) is 14.0 Å². The van der Waals surface area contributed by atoms with Crippen molar-refractivity contribution in [3.05, 3.63) is 93.7 Å². The van der Waals surface area contributed by atoms with E-state index in [1.807, 2.05) is 12.1 Å². The normalized spacial score (nSPS) is 10.5. The van der Waals surface area contributed by atoms with Crippen LogP contribution in [-0.2, 0) is 5.75 Å². The molecular formula is C21H13FN6O2S2. The van der Waals surface area contributed by atoms with Gasteiger partial charge >= 0.3 is 0 Å². The topological polar surface area (TPSA) is 114 Å². The molecule has 0 aliphatic carbocycles. The zero-order chi connectivity index (χ0) is 22.5. The van der Waals surface area contributed by atoms with E-state index in [2.05, 4.69) is 26.7 Å². The Balaban J connectivity index is 1.42. The minimum atomic E-state index is -0.555. The van der Waals surface area contributed by atoms with Crippen molar-refractivity contribution < 1.29 is 9.18 Å². The zero-order valence-electron chi connectivity index (χ0n) is 16.2. The molecule has 2 aromatic carbocycles. The number of hydrogen-bond donors (Lipinski definition) is 1. The Kier molecular flexibility index (Phi) is 6.34. The number of thioether (sulfide) groups is 1. The van der Waals surface area contributed by atoms with Crippen LogP contribution in [0.1, 0.15) is 21.6 Å². The van der Waals surface area contributed by atoms with Gasteiger partial charge in [-0.05, 0) is 48.0 Å². The van der Waals surface area contributed by atoms with E-state index in [1.54, 1.807) is 12.1 Å². The fraction of sp³-hybridized carbons (Fsp3) is 0.0476.